The van der Waals surface area contributed by atoms with Crippen LogP contribution in [0.5, 0.6) is 0 Å². The summed E-state index contributed by atoms with van der Waals surface area (Å²) in [7, 11) is 0. The van der Waals surface area contributed by atoms with Gasteiger partial charge in [-0.25, -0.2) is 9.37 Å². The monoisotopic (exact) mass is 353 g/mol. The van der Waals surface area contributed by atoms with Gasteiger partial charge in [0.05, 0.1) is 17.2 Å². The second kappa shape index (κ2) is 7.91. The Bertz CT molecular complexity index is 998. The highest BCUT2D eigenvalue weighted by Gasteiger charge is 2.08. The van der Waals surface area contributed by atoms with Gasteiger partial charge in [-0.05, 0) is 36.6 Å². The molecule has 0 aliphatic rings. The smallest absolute Gasteiger partial charge is 0.261 e. The van der Waals surface area contributed by atoms with Gasteiger partial charge in [0.1, 0.15) is 5.82 Å². The number of amides is 1. The molecule has 0 atom stereocenters. The molecule has 5 nitrogen and oxygen atoms in total. The van der Waals surface area contributed by atoms with Crippen molar-refractivity contribution in [2.24, 2.45) is 0 Å². The van der Waals surface area contributed by atoms with E-state index in [1.807, 2.05) is 19.1 Å². The molecule has 1 heterocycles. The molecule has 2 aromatic carbocycles. The van der Waals surface area contributed by atoms with Crippen LogP contribution in [0.4, 0.5) is 4.39 Å². The molecule has 1 amide bonds. The summed E-state index contributed by atoms with van der Waals surface area (Å²) >= 11 is 0. The third-order valence-electron chi connectivity index (χ3n) is 4.31. The van der Waals surface area contributed by atoms with Crippen LogP contribution >= 0.6 is 0 Å². The Morgan fingerprint density at radius 2 is 2.00 bits per heavy atom. The van der Waals surface area contributed by atoms with Gasteiger partial charge >= 0.3 is 0 Å². The lowest BCUT2D eigenvalue weighted by Gasteiger charge is -2.09. The number of fused-ring (bicyclic) bond motifs is 1. The zero-order valence-corrected chi connectivity index (χ0v) is 14.5. The van der Waals surface area contributed by atoms with E-state index in [1.165, 1.54) is 17.0 Å². The number of para-hydroxylation sites is 1. The van der Waals surface area contributed by atoms with Crippen LogP contribution in [-0.2, 0) is 17.8 Å². The van der Waals surface area contributed by atoms with Crippen molar-refractivity contribution >= 4 is 16.8 Å². The number of hydrogen-bond acceptors (Lipinski definition) is 3. The van der Waals surface area contributed by atoms with Gasteiger partial charge in [0.2, 0.25) is 5.91 Å². The van der Waals surface area contributed by atoms with Crippen molar-refractivity contribution in [2.45, 2.75) is 26.3 Å². The first-order valence-electron chi connectivity index (χ1n) is 8.51. The van der Waals surface area contributed by atoms with E-state index in [0.29, 0.717) is 29.4 Å². The summed E-state index contributed by atoms with van der Waals surface area (Å²) in [4.78, 5) is 28.8. The van der Waals surface area contributed by atoms with E-state index in [0.717, 1.165) is 5.56 Å². The second-order valence-corrected chi connectivity index (χ2v) is 6.16. The fourth-order valence-corrected chi connectivity index (χ4v) is 2.84. The first kappa shape index (κ1) is 17.8. The Labute approximate surface area is 150 Å². The Balaban J connectivity index is 1.56. The molecular formula is C20H20FN3O2. The maximum absolute atomic E-state index is 13.5. The van der Waals surface area contributed by atoms with E-state index in [9.17, 15) is 14.0 Å². The first-order chi connectivity index (χ1) is 12.6. The van der Waals surface area contributed by atoms with E-state index in [4.69, 9.17) is 0 Å². The third kappa shape index (κ3) is 3.96. The predicted molar refractivity (Wildman–Crippen MR) is 98.5 cm³/mol. The Kier molecular flexibility index (Phi) is 5.41. The van der Waals surface area contributed by atoms with Crippen molar-refractivity contribution in [2.75, 3.05) is 6.54 Å². The molecule has 0 fully saturated rings. The molecule has 0 unspecified atom stereocenters. The fraction of sp³-hybridized carbons (Fsp3) is 0.250. The van der Waals surface area contributed by atoms with Crippen LogP contribution in [0.2, 0.25) is 0 Å². The second-order valence-electron chi connectivity index (χ2n) is 6.16. The first-order valence-corrected chi connectivity index (χ1v) is 8.51. The average Bonchev–Trinajstić information content (AvgIpc) is 2.63. The maximum atomic E-state index is 13.5. The minimum atomic E-state index is -0.272. The topological polar surface area (TPSA) is 64.0 Å². The molecule has 0 bridgehead atoms. The quantitative estimate of drug-likeness (QED) is 0.741. The largest absolute Gasteiger partial charge is 0.356 e. The fourth-order valence-electron chi connectivity index (χ4n) is 2.84. The molecule has 0 aliphatic carbocycles. The normalized spacial score (nSPS) is 10.8. The van der Waals surface area contributed by atoms with Crippen molar-refractivity contribution in [3.63, 3.8) is 0 Å². The number of aromatic nitrogens is 2. The molecule has 0 saturated carbocycles. The van der Waals surface area contributed by atoms with Gasteiger partial charge in [-0.3, -0.25) is 14.2 Å². The van der Waals surface area contributed by atoms with Crippen LogP contribution in [-0.4, -0.2) is 22.0 Å². The van der Waals surface area contributed by atoms with E-state index in [2.05, 4.69) is 10.3 Å². The highest BCUT2D eigenvalue weighted by atomic mass is 19.1. The zero-order chi connectivity index (χ0) is 18.5. The van der Waals surface area contributed by atoms with Crippen LogP contribution in [0.3, 0.4) is 0 Å². The molecular weight excluding hydrogens is 333 g/mol. The number of hydrogen-bond donors (Lipinski definition) is 1. The van der Waals surface area contributed by atoms with Crippen LogP contribution in [0.25, 0.3) is 10.9 Å². The lowest BCUT2D eigenvalue weighted by atomic mass is 10.1. The Morgan fingerprint density at radius 1 is 1.19 bits per heavy atom. The van der Waals surface area contributed by atoms with Crippen LogP contribution in [0.15, 0.2) is 53.6 Å². The van der Waals surface area contributed by atoms with E-state index >= 15 is 0 Å². The van der Waals surface area contributed by atoms with Crippen LogP contribution < -0.4 is 10.9 Å². The number of benzene rings is 2. The maximum Gasteiger partial charge on any atom is 0.261 e. The van der Waals surface area contributed by atoms with Crippen molar-refractivity contribution in [3.05, 3.63) is 76.1 Å². The van der Waals surface area contributed by atoms with Crippen molar-refractivity contribution in [3.8, 4) is 0 Å². The summed E-state index contributed by atoms with van der Waals surface area (Å²) in [5.74, 6) is -0.455. The number of rotatable bonds is 6. The van der Waals surface area contributed by atoms with E-state index in [-0.39, 0.29) is 30.2 Å². The minimum Gasteiger partial charge on any atom is -0.356 e. The molecule has 0 spiro atoms. The summed E-state index contributed by atoms with van der Waals surface area (Å²) in [5.41, 5.74) is 2.04. The SMILES string of the molecule is Cc1cccc2c(=O)n(CCC(=O)NCCc3ccccc3F)cnc12. The van der Waals surface area contributed by atoms with Crippen LogP contribution in [0, 0.1) is 12.7 Å². The lowest BCUT2D eigenvalue weighted by molar-refractivity contribution is -0.121. The molecule has 0 radical (unpaired) electrons. The Hall–Kier alpha value is -3.02. The number of carbonyl (C=O) groups excluding carboxylic acids is 1. The van der Waals surface area contributed by atoms with Crippen molar-refractivity contribution in [1.29, 1.82) is 0 Å². The van der Waals surface area contributed by atoms with Crippen LogP contribution in [0.1, 0.15) is 17.5 Å². The zero-order valence-electron chi connectivity index (χ0n) is 14.5. The lowest BCUT2D eigenvalue weighted by Crippen LogP contribution is -2.29. The molecule has 3 rings (SSSR count). The molecule has 1 aromatic heterocycles. The third-order valence-corrected chi connectivity index (χ3v) is 4.31. The van der Waals surface area contributed by atoms with Crippen molar-refractivity contribution < 1.29 is 9.18 Å². The van der Waals surface area contributed by atoms with Gasteiger partial charge in [0, 0.05) is 19.5 Å². The summed E-state index contributed by atoms with van der Waals surface area (Å²) in [6.07, 6.45) is 2.07. The predicted octanol–water partition coefficient (Wildman–Crippen LogP) is 2.59. The number of carbonyl (C=O) groups is 1. The van der Waals surface area contributed by atoms with Gasteiger partial charge < -0.3 is 5.32 Å². The summed E-state index contributed by atoms with van der Waals surface area (Å²) in [6, 6.07) is 12.0. The summed E-state index contributed by atoms with van der Waals surface area (Å²) in [6.45, 7) is 2.51. The van der Waals surface area contributed by atoms with Gasteiger partial charge in [0.25, 0.3) is 5.56 Å². The molecule has 0 aliphatic heterocycles. The number of aryl methyl sites for hydroxylation is 2. The number of nitrogens with one attached hydrogen (secondary N) is 1. The molecule has 3 aromatic rings. The number of halogens is 1. The standard InChI is InChI=1S/C20H20FN3O2/c1-14-5-4-7-16-19(14)23-13-24(20(16)26)12-10-18(25)22-11-9-15-6-2-3-8-17(15)21/h2-8,13H,9-12H2,1H3,(H,22,25). The summed E-state index contributed by atoms with van der Waals surface area (Å²) < 4.78 is 15.0. The number of nitrogens with zero attached hydrogens (tertiary/aromatic N) is 2. The highest BCUT2D eigenvalue weighted by molar-refractivity contribution is 5.80. The summed E-state index contributed by atoms with van der Waals surface area (Å²) in [5, 5.41) is 3.30. The molecule has 1 N–H and O–H groups in total. The van der Waals surface area contributed by atoms with Gasteiger partial charge in [0.15, 0.2) is 0 Å². The molecule has 6 heteroatoms. The van der Waals surface area contributed by atoms with E-state index in [1.54, 1.807) is 24.3 Å². The van der Waals surface area contributed by atoms with Gasteiger partial charge in [-0.1, -0.05) is 30.3 Å². The molecule has 26 heavy (non-hydrogen) atoms. The van der Waals surface area contributed by atoms with E-state index < -0.39 is 0 Å². The van der Waals surface area contributed by atoms with Gasteiger partial charge in [-0.2, -0.15) is 0 Å². The minimum absolute atomic E-state index is 0.155. The molecule has 134 valence electrons. The van der Waals surface area contributed by atoms with Crippen molar-refractivity contribution in [1.82, 2.24) is 14.9 Å². The Morgan fingerprint density at radius 3 is 2.81 bits per heavy atom. The molecule has 0 saturated heterocycles. The highest BCUT2D eigenvalue weighted by Crippen LogP contribution is 2.11. The average molecular weight is 353 g/mol. The van der Waals surface area contributed by atoms with Gasteiger partial charge in [-0.15, -0.1) is 0 Å².